The van der Waals surface area contributed by atoms with Gasteiger partial charge in [0.1, 0.15) is 11.5 Å². The summed E-state index contributed by atoms with van der Waals surface area (Å²) in [5.41, 5.74) is 7.77. The lowest BCUT2D eigenvalue weighted by Crippen LogP contribution is -2.31. The number of nitrogens with zero attached hydrogens (tertiary/aromatic N) is 2. The highest BCUT2D eigenvalue weighted by Gasteiger charge is 2.31. The van der Waals surface area contributed by atoms with Crippen LogP contribution >= 0.6 is 12.2 Å². The Labute approximate surface area is 116 Å². The molecule has 3 rings (SSSR count). The first-order chi connectivity index (χ1) is 9.25. The Balaban J connectivity index is 1.94. The molecule has 4 nitrogen and oxygen atoms in total. The number of rotatable bonds is 2. The third-order valence-electron chi connectivity index (χ3n) is 3.13. The van der Waals surface area contributed by atoms with Gasteiger partial charge >= 0.3 is 0 Å². The van der Waals surface area contributed by atoms with Crippen molar-refractivity contribution in [3.8, 4) is 0 Å². The molecule has 1 atom stereocenters. The minimum atomic E-state index is 0.0406. The van der Waals surface area contributed by atoms with Gasteiger partial charge in [0.15, 0.2) is 5.11 Å². The zero-order valence-corrected chi connectivity index (χ0v) is 11.0. The van der Waals surface area contributed by atoms with Gasteiger partial charge in [-0.05, 0) is 29.9 Å². The van der Waals surface area contributed by atoms with E-state index in [4.69, 9.17) is 22.4 Å². The smallest absolute Gasteiger partial charge is 0.187 e. The van der Waals surface area contributed by atoms with Gasteiger partial charge in [-0.25, -0.2) is 5.01 Å². The zero-order valence-electron chi connectivity index (χ0n) is 10.2. The van der Waals surface area contributed by atoms with E-state index >= 15 is 0 Å². The molecule has 0 unspecified atom stereocenters. The molecular weight excluding hydrogens is 258 g/mol. The van der Waals surface area contributed by atoms with Crippen LogP contribution in [-0.4, -0.2) is 15.8 Å². The van der Waals surface area contributed by atoms with Crippen molar-refractivity contribution in [2.75, 3.05) is 0 Å². The van der Waals surface area contributed by atoms with Gasteiger partial charge in [-0.1, -0.05) is 30.3 Å². The highest BCUT2D eigenvalue weighted by atomic mass is 32.1. The Morgan fingerprint density at radius 1 is 1.26 bits per heavy atom. The maximum Gasteiger partial charge on any atom is 0.187 e. The van der Waals surface area contributed by atoms with E-state index in [1.165, 1.54) is 0 Å². The van der Waals surface area contributed by atoms with Crippen LogP contribution in [0.25, 0.3) is 0 Å². The molecule has 0 saturated heterocycles. The second-order valence-electron chi connectivity index (χ2n) is 4.34. The van der Waals surface area contributed by atoms with Crippen molar-refractivity contribution in [2.45, 2.75) is 12.5 Å². The molecule has 0 fully saturated rings. The Hall–Kier alpha value is -2.14. The van der Waals surface area contributed by atoms with Crippen LogP contribution in [0.4, 0.5) is 0 Å². The summed E-state index contributed by atoms with van der Waals surface area (Å²) in [4.78, 5) is 0. The van der Waals surface area contributed by atoms with Crippen LogP contribution in [0.1, 0.15) is 23.8 Å². The molecule has 1 aliphatic heterocycles. The molecule has 2 heterocycles. The van der Waals surface area contributed by atoms with Gasteiger partial charge in [0.25, 0.3) is 0 Å². The van der Waals surface area contributed by atoms with Crippen LogP contribution in [0.5, 0.6) is 0 Å². The number of hydrogen-bond acceptors (Lipinski definition) is 3. The van der Waals surface area contributed by atoms with Crippen LogP contribution in [0.15, 0.2) is 58.2 Å². The van der Waals surface area contributed by atoms with Crippen molar-refractivity contribution < 1.29 is 4.42 Å². The van der Waals surface area contributed by atoms with Gasteiger partial charge in [-0.2, -0.15) is 5.10 Å². The first-order valence-corrected chi connectivity index (χ1v) is 6.41. The van der Waals surface area contributed by atoms with Crippen molar-refractivity contribution >= 4 is 23.0 Å². The highest BCUT2D eigenvalue weighted by Crippen LogP contribution is 2.32. The molecule has 1 aromatic heterocycles. The highest BCUT2D eigenvalue weighted by molar-refractivity contribution is 7.80. The maximum absolute atomic E-state index is 5.76. The summed E-state index contributed by atoms with van der Waals surface area (Å²) in [7, 11) is 0. The topological polar surface area (TPSA) is 54.8 Å². The molecule has 0 saturated carbocycles. The summed E-state index contributed by atoms with van der Waals surface area (Å²) in [5.74, 6) is 0.764. The molecule has 2 aromatic rings. The molecule has 1 aliphatic rings. The molecule has 5 heteroatoms. The minimum absolute atomic E-state index is 0.0406. The maximum atomic E-state index is 5.76. The van der Waals surface area contributed by atoms with E-state index in [0.717, 1.165) is 23.5 Å². The Bertz CT molecular complexity index is 607. The van der Waals surface area contributed by atoms with Crippen LogP contribution in [0, 0.1) is 0 Å². The lowest BCUT2D eigenvalue weighted by Gasteiger charge is -2.21. The van der Waals surface area contributed by atoms with Crippen LogP contribution in [0.3, 0.4) is 0 Å². The lowest BCUT2D eigenvalue weighted by molar-refractivity contribution is 0.373. The minimum Gasteiger partial charge on any atom is -0.463 e. The molecular formula is C14H13N3OS. The first-order valence-electron chi connectivity index (χ1n) is 6.00. The normalized spacial score (nSPS) is 18.4. The Morgan fingerprint density at radius 2 is 2.05 bits per heavy atom. The number of nitrogens with two attached hydrogens (primary N) is 1. The predicted octanol–water partition coefficient (Wildman–Crippen LogP) is 2.67. The van der Waals surface area contributed by atoms with Crippen molar-refractivity contribution in [1.82, 2.24) is 5.01 Å². The standard InChI is InChI=1S/C14H13N3OS/c15-14(19)17-12(10-5-2-1-3-6-10)9-11(16-17)13-7-4-8-18-13/h1-8,12H,9H2,(H2,15,19)/t12-/m1/s1. The fourth-order valence-electron chi connectivity index (χ4n) is 2.24. The zero-order chi connectivity index (χ0) is 13.2. The third kappa shape index (κ3) is 2.24. The average Bonchev–Trinajstić information content (AvgIpc) is 3.08. The SMILES string of the molecule is NC(=S)N1N=C(c2ccco2)C[C@@H]1c1ccccc1. The van der Waals surface area contributed by atoms with Crippen LogP contribution in [-0.2, 0) is 0 Å². The van der Waals surface area contributed by atoms with Gasteiger partial charge in [0.2, 0.25) is 0 Å². The Morgan fingerprint density at radius 3 is 2.68 bits per heavy atom. The fourth-order valence-corrected chi connectivity index (χ4v) is 2.41. The van der Waals surface area contributed by atoms with Crippen LogP contribution < -0.4 is 5.73 Å². The van der Waals surface area contributed by atoms with Gasteiger partial charge in [0, 0.05) is 6.42 Å². The summed E-state index contributed by atoms with van der Waals surface area (Å²) < 4.78 is 5.39. The van der Waals surface area contributed by atoms with Crippen molar-refractivity contribution in [1.29, 1.82) is 0 Å². The summed E-state index contributed by atoms with van der Waals surface area (Å²) >= 11 is 5.08. The number of benzene rings is 1. The van der Waals surface area contributed by atoms with E-state index in [2.05, 4.69) is 17.2 Å². The van der Waals surface area contributed by atoms with Gasteiger partial charge in [-0.15, -0.1) is 0 Å². The molecule has 0 amide bonds. The lowest BCUT2D eigenvalue weighted by atomic mass is 10.0. The summed E-state index contributed by atoms with van der Waals surface area (Å²) in [6, 6.07) is 13.9. The van der Waals surface area contributed by atoms with Gasteiger partial charge < -0.3 is 10.2 Å². The summed E-state index contributed by atoms with van der Waals surface area (Å²) in [5, 5.41) is 6.43. The molecule has 96 valence electrons. The molecule has 1 aromatic carbocycles. The van der Waals surface area contributed by atoms with Crippen LogP contribution in [0.2, 0.25) is 0 Å². The second kappa shape index (κ2) is 4.85. The van der Waals surface area contributed by atoms with E-state index < -0.39 is 0 Å². The number of thiocarbonyl (C=S) groups is 1. The molecule has 0 spiro atoms. The quantitative estimate of drug-likeness (QED) is 0.853. The van der Waals surface area contributed by atoms with Gasteiger partial charge in [-0.3, -0.25) is 0 Å². The monoisotopic (exact) mass is 271 g/mol. The van der Waals surface area contributed by atoms with E-state index in [9.17, 15) is 0 Å². The average molecular weight is 271 g/mol. The third-order valence-corrected chi connectivity index (χ3v) is 3.31. The summed E-state index contributed by atoms with van der Waals surface area (Å²) in [6.07, 6.45) is 2.37. The van der Waals surface area contributed by atoms with E-state index in [1.807, 2.05) is 30.3 Å². The molecule has 0 bridgehead atoms. The van der Waals surface area contributed by atoms with Crippen molar-refractivity contribution in [3.63, 3.8) is 0 Å². The number of furan rings is 1. The van der Waals surface area contributed by atoms with Gasteiger partial charge in [0.05, 0.1) is 12.3 Å². The van der Waals surface area contributed by atoms with E-state index in [0.29, 0.717) is 0 Å². The fraction of sp³-hybridized carbons (Fsp3) is 0.143. The number of hydrazone groups is 1. The second-order valence-corrected chi connectivity index (χ2v) is 4.76. The Kier molecular flexibility index (Phi) is 3.05. The largest absolute Gasteiger partial charge is 0.463 e. The summed E-state index contributed by atoms with van der Waals surface area (Å²) in [6.45, 7) is 0. The van der Waals surface area contributed by atoms with Crippen molar-refractivity contribution in [3.05, 3.63) is 60.1 Å². The number of hydrogen-bond donors (Lipinski definition) is 1. The van der Waals surface area contributed by atoms with Crippen molar-refractivity contribution in [2.24, 2.45) is 10.8 Å². The van der Waals surface area contributed by atoms with E-state index in [1.54, 1.807) is 11.3 Å². The predicted molar refractivity (Wildman–Crippen MR) is 77.7 cm³/mol. The molecule has 0 radical (unpaired) electrons. The molecule has 0 aliphatic carbocycles. The first kappa shape index (κ1) is 11.9. The molecule has 2 N–H and O–H groups in total. The van der Waals surface area contributed by atoms with E-state index in [-0.39, 0.29) is 11.2 Å². The molecule has 19 heavy (non-hydrogen) atoms.